The van der Waals surface area contributed by atoms with Crippen molar-refractivity contribution in [1.29, 1.82) is 0 Å². The van der Waals surface area contributed by atoms with Crippen LogP contribution in [0.25, 0.3) is 10.9 Å². The Morgan fingerprint density at radius 1 is 1.33 bits per heavy atom. The molecule has 96 valence electrons. The Morgan fingerprint density at radius 3 is 2.67 bits per heavy atom. The van der Waals surface area contributed by atoms with E-state index in [0.29, 0.717) is 22.3 Å². The average Bonchev–Trinajstić information content (AvgIpc) is 2.36. The molecule has 0 unspecified atom stereocenters. The number of methoxy groups -OCH3 is 1. The van der Waals surface area contributed by atoms with Crippen molar-refractivity contribution in [2.75, 3.05) is 12.5 Å². The number of aromatic nitrogens is 1. The molecule has 18 heavy (non-hydrogen) atoms. The molecule has 0 saturated heterocycles. The third-order valence-electron chi connectivity index (χ3n) is 3.01. The Bertz CT molecular complexity index is 584. The van der Waals surface area contributed by atoms with Crippen LogP contribution in [0.2, 0.25) is 0 Å². The molecule has 0 bridgehead atoms. The number of hydrazine groups is 1. The summed E-state index contributed by atoms with van der Waals surface area (Å²) in [7, 11) is 1.61. The zero-order chi connectivity index (χ0) is 13.3. The van der Waals surface area contributed by atoms with Gasteiger partial charge < -0.3 is 10.2 Å². The zero-order valence-corrected chi connectivity index (χ0v) is 10.6. The lowest BCUT2D eigenvalue weighted by molar-refractivity contribution is 0.0164. The Kier molecular flexibility index (Phi) is 3.19. The highest BCUT2D eigenvalue weighted by Crippen LogP contribution is 2.31. The van der Waals surface area contributed by atoms with Crippen LogP contribution in [-0.4, -0.2) is 12.1 Å². The minimum absolute atomic E-state index is 0.300. The van der Waals surface area contributed by atoms with E-state index in [2.05, 4.69) is 10.4 Å². The molecule has 1 heterocycles. The lowest BCUT2D eigenvalue weighted by atomic mass is 10.0. The number of anilines is 1. The Hall–Kier alpha value is -1.72. The van der Waals surface area contributed by atoms with Crippen LogP contribution in [-0.2, 0) is 10.3 Å². The van der Waals surface area contributed by atoms with E-state index in [0.717, 1.165) is 0 Å². The van der Waals surface area contributed by atoms with Gasteiger partial charge in [0.1, 0.15) is 11.4 Å². The second-order valence-corrected chi connectivity index (χ2v) is 4.58. The van der Waals surface area contributed by atoms with Crippen molar-refractivity contribution in [2.24, 2.45) is 5.84 Å². The van der Waals surface area contributed by atoms with Gasteiger partial charge in [0.15, 0.2) is 0 Å². The molecule has 0 aliphatic rings. The van der Waals surface area contributed by atoms with Crippen LogP contribution in [0.1, 0.15) is 19.5 Å². The number of rotatable bonds is 3. The van der Waals surface area contributed by atoms with Crippen molar-refractivity contribution in [3.8, 4) is 0 Å². The number of hydrogen-bond acceptors (Lipinski definition) is 4. The summed E-state index contributed by atoms with van der Waals surface area (Å²) in [6.45, 7) is 3.79. The quantitative estimate of drug-likeness (QED) is 0.648. The molecule has 0 atom stereocenters. The van der Waals surface area contributed by atoms with Gasteiger partial charge in [-0.2, -0.15) is 0 Å². The SMILES string of the molecule is COC(C)(C)c1nc2ccc(F)cc2cc1NN. The molecule has 3 N–H and O–H groups in total. The number of fused-ring (bicyclic) bond motifs is 1. The highest BCUT2D eigenvalue weighted by Gasteiger charge is 2.25. The molecule has 1 aromatic heterocycles. The smallest absolute Gasteiger partial charge is 0.123 e. The Morgan fingerprint density at radius 2 is 2.06 bits per heavy atom. The second-order valence-electron chi connectivity index (χ2n) is 4.58. The van der Waals surface area contributed by atoms with Gasteiger partial charge in [-0.15, -0.1) is 0 Å². The van der Waals surface area contributed by atoms with Gasteiger partial charge in [-0.3, -0.25) is 5.84 Å². The lowest BCUT2D eigenvalue weighted by Crippen LogP contribution is -2.24. The first-order valence-corrected chi connectivity index (χ1v) is 5.60. The van der Waals surface area contributed by atoms with E-state index in [-0.39, 0.29) is 5.82 Å². The van der Waals surface area contributed by atoms with Gasteiger partial charge in [0.05, 0.1) is 16.9 Å². The van der Waals surface area contributed by atoms with Crippen LogP contribution < -0.4 is 11.3 Å². The summed E-state index contributed by atoms with van der Waals surface area (Å²) in [6.07, 6.45) is 0. The maximum Gasteiger partial charge on any atom is 0.123 e. The van der Waals surface area contributed by atoms with Gasteiger partial charge in [0, 0.05) is 12.5 Å². The highest BCUT2D eigenvalue weighted by atomic mass is 19.1. The molecule has 0 amide bonds. The van der Waals surface area contributed by atoms with E-state index in [4.69, 9.17) is 10.6 Å². The topological polar surface area (TPSA) is 60.2 Å². The molecule has 5 heteroatoms. The summed E-state index contributed by atoms with van der Waals surface area (Å²) in [5.74, 6) is 5.19. The van der Waals surface area contributed by atoms with Crippen molar-refractivity contribution in [2.45, 2.75) is 19.4 Å². The summed E-state index contributed by atoms with van der Waals surface area (Å²) in [5, 5.41) is 0.693. The lowest BCUT2D eigenvalue weighted by Gasteiger charge is -2.25. The number of nitrogens with one attached hydrogen (secondary N) is 1. The van der Waals surface area contributed by atoms with Crippen molar-refractivity contribution in [3.63, 3.8) is 0 Å². The van der Waals surface area contributed by atoms with Gasteiger partial charge in [-0.05, 0) is 38.1 Å². The van der Waals surface area contributed by atoms with Crippen LogP contribution in [0.3, 0.4) is 0 Å². The minimum Gasteiger partial charge on any atom is -0.372 e. The van der Waals surface area contributed by atoms with Crippen molar-refractivity contribution in [3.05, 3.63) is 35.8 Å². The number of pyridine rings is 1. The number of nitrogens with two attached hydrogens (primary N) is 1. The fourth-order valence-corrected chi connectivity index (χ4v) is 1.81. The first kappa shape index (κ1) is 12.7. The first-order chi connectivity index (χ1) is 8.47. The van der Waals surface area contributed by atoms with Gasteiger partial charge in [0.2, 0.25) is 0 Å². The van der Waals surface area contributed by atoms with Crippen molar-refractivity contribution < 1.29 is 9.13 Å². The van der Waals surface area contributed by atoms with Gasteiger partial charge in [-0.25, -0.2) is 9.37 Å². The molecular formula is C13H16FN3O. The van der Waals surface area contributed by atoms with E-state index >= 15 is 0 Å². The maximum absolute atomic E-state index is 13.2. The maximum atomic E-state index is 13.2. The number of benzene rings is 1. The number of ether oxygens (including phenoxy) is 1. The Labute approximate surface area is 105 Å². The van der Waals surface area contributed by atoms with Gasteiger partial charge in [0.25, 0.3) is 0 Å². The predicted molar refractivity (Wildman–Crippen MR) is 69.5 cm³/mol. The van der Waals surface area contributed by atoms with Crippen LogP contribution in [0.15, 0.2) is 24.3 Å². The third-order valence-corrected chi connectivity index (χ3v) is 3.01. The average molecular weight is 249 g/mol. The van der Waals surface area contributed by atoms with E-state index in [1.54, 1.807) is 19.2 Å². The summed E-state index contributed by atoms with van der Waals surface area (Å²) in [6, 6.07) is 6.21. The summed E-state index contributed by atoms with van der Waals surface area (Å²) < 4.78 is 18.6. The van der Waals surface area contributed by atoms with E-state index < -0.39 is 5.60 Å². The van der Waals surface area contributed by atoms with Gasteiger partial charge >= 0.3 is 0 Å². The molecule has 0 spiro atoms. The van der Waals surface area contributed by atoms with Crippen LogP contribution in [0.4, 0.5) is 10.1 Å². The molecule has 4 nitrogen and oxygen atoms in total. The molecule has 1 aromatic carbocycles. The molecule has 2 aromatic rings. The van der Waals surface area contributed by atoms with E-state index in [9.17, 15) is 4.39 Å². The number of halogens is 1. The first-order valence-electron chi connectivity index (χ1n) is 5.60. The number of nitrogens with zero attached hydrogens (tertiary/aromatic N) is 1. The summed E-state index contributed by atoms with van der Waals surface area (Å²) in [5.41, 5.74) is 4.02. The van der Waals surface area contributed by atoms with Gasteiger partial charge in [-0.1, -0.05) is 0 Å². The minimum atomic E-state index is -0.579. The van der Waals surface area contributed by atoms with Crippen LogP contribution >= 0.6 is 0 Å². The standard InChI is InChI=1S/C13H16FN3O/c1-13(2,18-3)12-11(17-15)7-8-6-9(14)4-5-10(8)16-12/h4-7,17H,15H2,1-3H3. The van der Waals surface area contributed by atoms with Crippen LogP contribution in [0, 0.1) is 5.82 Å². The zero-order valence-electron chi connectivity index (χ0n) is 10.6. The molecule has 2 rings (SSSR count). The second kappa shape index (κ2) is 4.51. The largest absolute Gasteiger partial charge is 0.372 e. The molecule has 0 radical (unpaired) electrons. The molecule has 0 saturated carbocycles. The molecule has 0 fully saturated rings. The van der Waals surface area contributed by atoms with Crippen LogP contribution in [0.5, 0.6) is 0 Å². The Balaban J connectivity index is 2.70. The normalized spacial score (nSPS) is 11.8. The molecule has 0 aliphatic carbocycles. The van der Waals surface area contributed by atoms with E-state index in [1.807, 2.05) is 13.8 Å². The number of hydrogen-bond donors (Lipinski definition) is 2. The fraction of sp³-hybridized carbons (Fsp3) is 0.308. The molecular weight excluding hydrogens is 233 g/mol. The van der Waals surface area contributed by atoms with E-state index in [1.165, 1.54) is 12.1 Å². The predicted octanol–water partition coefficient (Wildman–Crippen LogP) is 2.54. The fourth-order valence-electron chi connectivity index (χ4n) is 1.81. The van der Waals surface area contributed by atoms with Crippen molar-refractivity contribution in [1.82, 2.24) is 4.98 Å². The highest BCUT2D eigenvalue weighted by molar-refractivity contribution is 5.83. The third kappa shape index (κ3) is 2.14. The molecule has 0 aliphatic heterocycles. The summed E-state index contributed by atoms with van der Waals surface area (Å²) in [4.78, 5) is 4.50. The monoisotopic (exact) mass is 249 g/mol. The number of nitrogen functional groups attached to an aromatic ring is 1. The van der Waals surface area contributed by atoms with Crippen molar-refractivity contribution >= 4 is 16.6 Å². The summed E-state index contributed by atoms with van der Waals surface area (Å²) >= 11 is 0.